The summed E-state index contributed by atoms with van der Waals surface area (Å²) in [6, 6.07) is 17.4. The highest BCUT2D eigenvalue weighted by Crippen LogP contribution is 2.62. The lowest BCUT2D eigenvalue weighted by atomic mass is 10.2. The number of hydrogen-bond acceptors (Lipinski definition) is 4. The molecule has 0 saturated carbocycles. The molecule has 0 bridgehead atoms. The van der Waals surface area contributed by atoms with E-state index in [1.54, 1.807) is 30.3 Å². The molecule has 29 heavy (non-hydrogen) atoms. The first-order valence-corrected chi connectivity index (χ1v) is 11.1. The number of rotatable bonds is 5. The molecule has 1 heterocycles. The molecule has 0 fully saturated rings. The molecule has 3 rings (SSSR count). The van der Waals surface area contributed by atoms with E-state index in [2.05, 4.69) is 0 Å². The fraction of sp³-hybridized carbons (Fsp3) is 0.227. The standard InChI is InChI=1S/C22H23ClNO4P/c1-15-11-12-20(27-15)29(22(2,3)4,28-19-10-6-8-17(23)14-19)24-18-9-5-7-16(13-18)21(25)26/h5-14H,1-4H3,(H,25,26). The van der Waals surface area contributed by atoms with Gasteiger partial charge in [-0.25, -0.2) is 9.54 Å². The third-order valence-electron chi connectivity index (χ3n) is 4.32. The Morgan fingerprint density at radius 3 is 2.41 bits per heavy atom. The molecule has 1 aromatic heterocycles. The predicted octanol–water partition coefficient (Wildman–Crippen LogP) is 6.89. The molecule has 1 unspecified atom stereocenters. The van der Waals surface area contributed by atoms with Gasteiger partial charge < -0.3 is 14.0 Å². The maximum absolute atomic E-state index is 11.4. The predicted molar refractivity (Wildman–Crippen MR) is 117 cm³/mol. The Bertz CT molecular complexity index is 1100. The quantitative estimate of drug-likeness (QED) is 0.446. The van der Waals surface area contributed by atoms with Crippen molar-refractivity contribution in [1.82, 2.24) is 0 Å². The zero-order chi connectivity index (χ0) is 21.2. The van der Waals surface area contributed by atoms with Crippen LogP contribution in [0.25, 0.3) is 0 Å². The van der Waals surface area contributed by atoms with Crippen LogP contribution >= 0.6 is 18.9 Å². The summed E-state index contributed by atoms with van der Waals surface area (Å²) in [5.74, 6) is 0.317. The van der Waals surface area contributed by atoms with Crippen LogP contribution < -0.4 is 10.0 Å². The van der Waals surface area contributed by atoms with Crippen molar-refractivity contribution < 1.29 is 18.8 Å². The molecule has 0 amide bonds. The maximum atomic E-state index is 11.4. The molecule has 2 aromatic carbocycles. The molecule has 0 radical (unpaired) electrons. The van der Waals surface area contributed by atoms with Gasteiger partial charge in [0.25, 0.3) is 0 Å². The van der Waals surface area contributed by atoms with Crippen molar-refractivity contribution in [3.05, 3.63) is 77.0 Å². The van der Waals surface area contributed by atoms with Crippen LogP contribution in [0.15, 0.2) is 69.8 Å². The van der Waals surface area contributed by atoms with Crippen molar-refractivity contribution in [2.45, 2.75) is 32.9 Å². The topological polar surface area (TPSA) is 72.0 Å². The number of aryl methyl sites for hydroxylation is 1. The highest BCUT2D eigenvalue weighted by Gasteiger charge is 2.41. The summed E-state index contributed by atoms with van der Waals surface area (Å²) in [6.07, 6.45) is 0. The summed E-state index contributed by atoms with van der Waals surface area (Å²) >= 11 is 6.17. The Morgan fingerprint density at radius 2 is 1.83 bits per heavy atom. The van der Waals surface area contributed by atoms with Gasteiger partial charge in [0.05, 0.1) is 11.3 Å². The molecule has 152 valence electrons. The van der Waals surface area contributed by atoms with Gasteiger partial charge in [0.15, 0.2) is 5.50 Å². The fourth-order valence-corrected chi connectivity index (χ4v) is 5.91. The minimum Gasteiger partial charge on any atom is -0.478 e. The normalized spacial score (nSPS) is 13.6. The number of hydrogen-bond donors (Lipinski definition) is 1. The highest BCUT2D eigenvalue weighted by molar-refractivity contribution is 7.70. The SMILES string of the molecule is Cc1ccc(P(=Nc2cccc(C(=O)O)c2)(Oc2cccc(Cl)c2)C(C)(C)C)o1. The van der Waals surface area contributed by atoms with Gasteiger partial charge in [0.2, 0.25) is 7.28 Å². The van der Waals surface area contributed by atoms with Crippen molar-refractivity contribution in [3.8, 4) is 5.75 Å². The third kappa shape index (κ3) is 4.58. The summed E-state index contributed by atoms with van der Waals surface area (Å²) < 4.78 is 17.6. The van der Waals surface area contributed by atoms with Crippen LogP contribution in [0.5, 0.6) is 5.75 Å². The number of nitrogens with zero attached hydrogens (tertiary/aromatic N) is 1. The first-order chi connectivity index (χ1) is 13.6. The second-order valence-corrected chi connectivity index (χ2v) is 11.4. The van der Waals surface area contributed by atoms with Gasteiger partial charge in [-0.2, -0.15) is 0 Å². The average Bonchev–Trinajstić information content (AvgIpc) is 3.07. The van der Waals surface area contributed by atoms with Gasteiger partial charge in [-0.15, -0.1) is 0 Å². The van der Waals surface area contributed by atoms with Crippen molar-refractivity contribution >= 4 is 36.0 Å². The Labute approximate surface area is 175 Å². The first kappa shape index (κ1) is 21.2. The summed E-state index contributed by atoms with van der Waals surface area (Å²) in [6.45, 7) is 7.97. The summed E-state index contributed by atoms with van der Waals surface area (Å²) in [5.41, 5.74) is 1.31. The molecule has 0 spiro atoms. The van der Waals surface area contributed by atoms with E-state index in [9.17, 15) is 9.90 Å². The molecule has 5 nitrogen and oxygen atoms in total. The van der Waals surface area contributed by atoms with Gasteiger partial charge in [-0.3, -0.25) is 0 Å². The largest absolute Gasteiger partial charge is 0.478 e. The molecular weight excluding hydrogens is 409 g/mol. The lowest BCUT2D eigenvalue weighted by Gasteiger charge is -2.35. The van der Waals surface area contributed by atoms with Gasteiger partial charge in [-0.1, -0.05) is 44.5 Å². The van der Waals surface area contributed by atoms with Crippen LogP contribution in [0.4, 0.5) is 5.69 Å². The second kappa shape index (κ2) is 8.10. The molecule has 1 atom stereocenters. The summed E-state index contributed by atoms with van der Waals surface area (Å²) in [7, 11) is -2.82. The molecule has 0 saturated heterocycles. The number of halogens is 1. The zero-order valence-corrected chi connectivity index (χ0v) is 18.4. The zero-order valence-electron chi connectivity index (χ0n) is 16.7. The van der Waals surface area contributed by atoms with E-state index < -0.39 is 18.4 Å². The molecule has 0 aliphatic rings. The van der Waals surface area contributed by atoms with Gasteiger partial charge in [0.1, 0.15) is 11.5 Å². The monoisotopic (exact) mass is 431 g/mol. The van der Waals surface area contributed by atoms with E-state index in [-0.39, 0.29) is 5.56 Å². The minimum absolute atomic E-state index is 0.164. The summed E-state index contributed by atoms with van der Waals surface area (Å²) in [4.78, 5) is 11.4. The van der Waals surface area contributed by atoms with Crippen molar-refractivity contribution in [1.29, 1.82) is 0 Å². The smallest absolute Gasteiger partial charge is 0.335 e. The Morgan fingerprint density at radius 1 is 1.10 bits per heavy atom. The number of carboxylic acids is 1. The Hall–Kier alpha value is -2.49. The van der Waals surface area contributed by atoms with Crippen LogP contribution in [0.2, 0.25) is 5.02 Å². The van der Waals surface area contributed by atoms with Crippen molar-refractivity contribution in [2.75, 3.05) is 0 Å². The Balaban J connectivity index is 2.29. The summed E-state index contributed by atoms with van der Waals surface area (Å²) in [5, 5.41) is 9.46. The number of aromatic carboxylic acids is 1. The van der Waals surface area contributed by atoms with Crippen LogP contribution in [0, 0.1) is 6.92 Å². The van der Waals surface area contributed by atoms with E-state index >= 15 is 0 Å². The molecule has 3 aromatic rings. The average molecular weight is 432 g/mol. The van der Waals surface area contributed by atoms with Crippen molar-refractivity contribution in [2.24, 2.45) is 4.74 Å². The molecule has 7 heteroatoms. The van der Waals surface area contributed by atoms with Gasteiger partial charge in [0, 0.05) is 10.2 Å². The molecule has 1 N–H and O–H groups in total. The van der Waals surface area contributed by atoms with E-state index in [0.717, 1.165) is 5.76 Å². The van der Waals surface area contributed by atoms with E-state index in [0.29, 0.717) is 22.0 Å². The minimum atomic E-state index is -2.82. The fourth-order valence-electron chi connectivity index (χ4n) is 2.86. The number of benzene rings is 2. The molecule has 0 aliphatic heterocycles. The maximum Gasteiger partial charge on any atom is 0.335 e. The molecular formula is C22H23ClNO4P. The first-order valence-electron chi connectivity index (χ1n) is 9.09. The van der Waals surface area contributed by atoms with Crippen LogP contribution in [0.1, 0.15) is 36.9 Å². The van der Waals surface area contributed by atoms with Crippen LogP contribution in [0.3, 0.4) is 0 Å². The van der Waals surface area contributed by atoms with Gasteiger partial charge >= 0.3 is 5.97 Å². The lowest BCUT2D eigenvalue weighted by Crippen LogP contribution is -2.26. The third-order valence-corrected chi connectivity index (χ3v) is 8.20. The van der Waals surface area contributed by atoms with E-state index in [1.807, 2.05) is 52.0 Å². The van der Waals surface area contributed by atoms with Crippen LogP contribution in [-0.4, -0.2) is 16.2 Å². The van der Waals surface area contributed by atoms with Crippen molar-refractivity contribution in [3.63, 3.8) is 0 Å². The van der Waals surface area contributed by atoms with E-state index in [4.69, 9.17) is 25.3 Å². The molecule has 0 aliphatic carbocycles. The number of carbonyl (C=O) groups is 1. The van der Waals surface area contributed by atoms with Gasteiger partial charge in [-0.05, 0) is 55.5 Å². The highest BCUT2D eigenvalue weighted by atomic mass is 35.5. The van der Waals surface area contributed by atoms with E-state index in [1.165, 1.54) is 6.07 Å². The second-order valence-electron chi connectivity index (χ2n) is 7.64. The number of carboxylic acid groups (broad SMARTS) is 1. The van der Waals surface area contributed by atoms with Crippen LogP contribution in [-0.2, 0) is 0 Å². The Kier molecular flexibility index (Phi) is 5.92. The lowest BCUT2D eigenvalue weighted by molar-refractivity contribution is 0.0697. The number of furan rings is 1.